The van der Waals surface area contributed by atoms with E-state index in [1.165, 1.54) is 12.1 Å². The van der Waals surface area contributed by atoms with Crippen LogP contribution in [-0.2, 0) is 14.8 Å². The van der Waals surface area contributed by atoms with Crippen molar-refractivity contribution in [2.24, 2.45) is 11.8 Å². The highest BCUT2D eigenvalue weighted by Crippen LogP contribution is 2.27. The Kier molecular flexibility index (Phi) is 5.64. The fourth-order valence-corrected chi connectivity index (χ4v) is 4.63. The van der Waals surface area contributed by atoms with Crippen molar-refractivity contribution in [1.82, 2.24) is 4.31 Å². The Morgan fingerprint density at radius 1 is 1.22 bits per heavy atom. The highest BCUT2D eigenvalue weighted by atomic mass is 32.2. The molecule has 128 valence electrons. The molecule has 1 aromatic carbocycles. The summed E-state index contributed by atoms with van der Waals surface area (Å²) in [5.41, 5.74) is 0.503. The molecule has 23 heavy (non-hydrogen) atoms. The number of anilines is 1. The van der Waals surface area contributed by atoms with Gasteiger partial charge >= 0.3 is 6.09 Å². The maximum atomic E-state index is 12.7. The molecule has 0 bridgehead atoms. The third-order valence-corrected chi connectivity index (χ3v) is 5.70. The van der Waals surface area contributed by atoms with Gasteiger partial charge in [-0.25, -0.2) is 13.2 Å². The molecule has 7 heteroatoms. The summed E-state index contributed by atoms with van der Waals surface area (Å²) in [6.07, 6.45) is 0.496. The second-order valence-corrected chi connectivity index (χ2v) is 8.08. The average Bonchev–Trinajstić information content (AvgIpc) is 2.47. The van der Waals surface area contributed by atoms with Gasteiger partial charge in [-0.15, -0.1) is 0 Å². The zero-order valence-electron chi connectivity index (χ0n) is 13.8. The van der Waals surface area contributed by atoms with Crippen LogP contribution in [0.2, 0.25) is 0 Å². The van der Waals surface area contributed by atoms with Crippen LogP contribution in [0.4, 0.5) is 10.5 Å². The first-order chi connectivity index (χ1) is 10.8. The Hall–Kier alpha value is -1.60. The van der Waals surface area contributed by atoms with Crippen molar-refractivity contribution >= 4 is 21.8 Å². The minimum absolute atomic E-state index is 0.244. The van der Waals surface area contributed by atoms with E-state index in [9.17, 15) is 13.2 Å². The fourth-order valence-electron chi connectivity index (χ4n) is 2.95. The zero-order chi connectivity index (χ0) is 17.0. The highest BCUT2D eigenvalue weighted by molar-refractivity contribution is 7.89. The molecule has 1 aliphatic heterocycles. The molecule has 0 aliphatic carbocycles. The molecule has 0 saturated carbocycles. The van der Waals surface area contributed by atoms with E-state index in [1.807, 2.05) is 0 Å². The van der Waals surface area contributed by atoms with Gasteiger partial charge in [-0.05, 0) is 49.4 Å². The fraction of sp³-hybridized carbons (Fsp3) is 0.562. The van der Waals surface area contributed by atoms with E-state index in [0.717, 1.165) is 6.42 Å². The number of nitrogens with one attached hydrogen (secondary N) is 1. The lowest BCUT2D eigenvalue weighted by Crippen LogP contribution is -2.42. The summed E-state index contributed by atoms with van der Waals surface area (Å²) in [5.74, 6) is 0.719. The molecule has 0 aromatic heterocycles. The number of carbonyl (C=O) groups excluding carboxylic acids is 1. The minimum atomic E-state index is -3.49. The van der Waals surface area contributed by atoms with Gasteiger partial charge in [-0.1, -0.05) is 13.8 Å². The van der Waals surface area contributed by atoms with Crippen molar-refractivity contribution < 1.29 is 17.9 Å². The van der Waals surface area contributed by atoms with Crippen molar-refractivity contribution in [1.29, 1.82) is 0 Å². The molecule has 1 aliphatic rings. The van der Waals surface area contributed by atoms with E-state index >= 15 is 0 Å². The maximum absolute atomic E-state index is 12.7. The Balaban J connectivity index is 2.12. The molecule has 6 nitrogen and oxygen atoms in total. The Bertz CT molecular complexity index is 633. The Morgan fingerprint density at radius 3 is 2.30 bits per heavy atom. The molecule has 0 radical (unpaired) electrons. The summed E-state index contributed by atoms with van der Waals surface area (Å²) < 4.78 is 31.8. The molecule has 0 unspecified atom stereocenters. The number of hydrogen-bond donors (Lipinski definition) is 1. The van der Waals surface area contributed by atoms with Crippen LogP contribution in [-0.4, -0.2) is 38.5 Å². The highest BCUT2D eigenvalue weighted by Gasteiger charge is 2.31. The molecular formula is C16H24N2O4S. The number of sulfonamides is 1. The summed E-state index contributed by atoms with van der Waals surface area (Å²) in [6, 6.07) is 6.17. The van der Waals surface area contributed by atoms with Crippen molar-refractivity contribution in [2.75, 3.05) is 25.0 Å². The monoisotopic (exact) mass is 340 g/mol. The smallest absolute Gasteiger partial charge is 0.411 e. The van der Waals surface area contributed by atoms with E-state index in [0.29, 0.717) is 30.6 Å². The van der Waals surface area contributed by atoms with E-state index in [4.69, 9.17) is 4.74 Å². The van der Waals surface area contributed by atoms with Gasteiger partial charge in [0.25, 0.3) is 0 Å². The van der Waals surface area contributed by atoms with Crippen molar-refractivity contribution in [3.8, 4) is 0 Å². The first-order valence-corrected chi connectivity index (χ1v) is 9.31. The first-order valence-electron chi connectivity index (χ1n) is 7.87. The third kappa shape index (κ3) is 4.45. The lowest BCUT2D eigenvalue weighted by Gasteiger charge is -2.34. The van der Waals surface area contributed by atoms with Crippen LogP contribution in [0.15, 0.2) is 29.2 Å². The lowest BCUT2D eigenvalue weighted by molar-refractivity contribution is 0.168. The number of rotatable bonds is 4. The summed E-state index contributed by atoms with van der Waals surface area (Å²) in [6.45, 7) is 7.25. The van der Waals surface area contributed by atoms with E-state index in [1.54, 1.807) is 23.4 Å². The number of carbonyl (C=O) groups is 1. The number of amides is 1. The quantitative estimate of drug-likeness (QED) is 0.914. The third-order valence-electron chi connectivity index (χ3n) is 3.85. The second kappa shape index (κ2) is 7.31. The summed E-state index contributed by atoms with van der Waals surface area (Å²) in [5, 5.41) is 2.55. The number of benzene rings is 1. The van der Waals surface area contributed by atoms with Gasteiger partial charge < -0.3 is 4.74 Å². The van der Waals surface area contributed by atoms with Gasteiger partial charge in [0, 0.05) is 18.8 Å². The largest absolute Gasteiger partial charge is 0.450 e. The molecular weight excluding hydrogens is 316 g/mol. The topological polar surface area (TPSA) is 75.7 Å². The standard InChI is InChI=1S/C16H24N2O4S/c1-4-22-16(19)17-14-5-7-15(8-6-14)23(20,21)18-10-12(2)9-13(3)11-18/h5-8,12-13H,4,9-11H2,1-3H3,(H,17,19)/t12-,13-/m1/s1. The van der Waals surface area contributed by atoms with E-state index in [-0.39, 0.29) is 11.5 Å². The first kappa shape index (κ1) is 17.7. The van der Waals surface area contributed by atoms with E-state index < -0.39 is 16.1 Å². The van der Waals surface area contributed by atoms with Gasteiger partial charge in [-0.2, -0.15) is 4.31 Å². The SMILES string of the molecule is CCOC(=O)Nc1ccc(S(=O)(=O)N2C[C@H](C)C[C@@H](C)C2)cc1. The molecule has 1 aromatic rings. The van der Waals surface area contributed by atoms with Gasteiger partial charge in [0.1, 0.15) is 0 Å². The normalized spacial score (nSPS) is 22.6. The molecule has 1 heterocycles. The van der Waals surface area contributed by atoms with Crippen molar-refractivity contribution in [3.63, 3.8) is 0 Å². The van der Waals surface area contributed by atoms with Crippen LogP contribution in [0.25, 0.3) is 0 Å². The zero-order valence-corrected chi connectivity index (χ0v) is 14.6. The van der Waals surface area contributed by atoms with Crippen LogP contribution >= 0.6 is 0 Å². The number of piperidine rings is 1. The molecule has 1 fully saturated rings. The Labute approximate surface area is 137 Å². The molecule has 1 N–H and O–H groups in total. The van der Waals surface area contributed by atoms with Crippen LogP contribution in [0.3, 0.4) is 0 Å². The van der Waals surface area contributed by atoms with Crippen LogP contribution in [0, 0.1) is 11.8 Å². The van der Waals surface area contributed by atoms with Gasteiger partial charge in [-0.3, -0.25) is 5.32 Å². The minimum Gasteiger partial charge on any atom is -0.450 e. The Morgan fingerprint density at radius 2 is 1.78 bits per heavy atom. The van der Waals surface area contributed by atoms with Gasteiger partial charge in [0.2, 0.25) is 10.0 Å². The van der Waals surface area contributed by atoms with Crippen LogP contribution in [0.5, 0.6) is 0 Å². The van der Waals surface area contributed by atoms with Crippen LogP contribution in [0.1, 0.15) is 27.2 Å². The molecule has 1 saturated heterocycles. The number of ether oxygens (including phenoxy) is 1. The molecule has 1 amide bonds. The van der Waals surface area contributed by atoms with Crippen molar-refractivity contribution in [3.05, 3.63) is 24.3 Å². The average molecular weight is 340 g/mol. The molecule has 2 atom stereocenters. The summed E-state index contributed by atoms with van der Waals surface area (Å²) >= 11 is 0. The predicted octanol–water partition coefficient (Wildman–Crippen LogP) is 2.92. The molecule has 2 rings (SSSR count). The number of hydrogen-bond acceptors (Lipinski definition) is 4. The maximum Gasteiger partial charge on any atom is 0.411 e. The second-order valence-electron chi connectivity index (χ2n) is 6.14. The summed E-state index contributed by atoms with van der Waals surface area (Å²) in [7, 11) is -3.49. The predicted molar refractivity (Wildman–Crippen MR) is 88.8 cm³/mol. The van der Waals surface area contributed by atoms with Gasteiger partial charge in [0.05, 0.1) is 11.5 Å². The van der Waals surface area contributed by atoms with E-state index in [2.05, 4.69) is 19.2 Å². The summed E-state index contributed by atoms with van der Waals surface area (Å²) in [4.78, 5) is 11.6. The number of nitrogens with zero attached hydrogens (tertiary/aromatic N) is 1. The molecule has 0 spiro atoms. The van der Waals surface area contributed by atoms with Gasteiger partial charge in [0.15, 0.2) is 0 Å². The van der Waals surface area contributed by atoms with Crippen molar-refractivity contribution in [2.45, 2.75) is 32.1 Å². The van der Waals surface area contributed by atoms with Crippen LogP contribution < -0.4 is 5.32 Å². The lowest BCUT2D eigenvalue weighted by atomic mass is 9.94.